The van der Waals surface area contributed by atoms with Gasteiger partial charge in [-0.05, 0) is 19.1 Å². The minimum atomic E-state index is -1.05. The second-order valence-electron chi connectivity index (χ2n) is 2.48. The SMILES string of the molecule is Cc1ccc(NC(=O)C(Cl)Cl)cn1. The van der Waals surface area contributed by atoms with E-state index in [4.69, 9.17) is 23.2 Å². The molecule has 1 heterocycles. The number of anilines is 1. The fourth-order valence-electron chi connectivity index (χ4n) is 0.739. The zero-order chi connectivity index (χ0) is 9.84. The molecule has 1 aromatic heterocycles. The molecule has 0 spiro atoms. The van der Waals surface area contributed by atoms with Crippen LogP contribution in [-0.4, -0.2) is 15.7 Å². The molecule has 0 saturated carbocycles. The second-order valence-corrected chi connectivity index (χ2v) is 3.57. The van der Waals surface area contributed by atoms with Crippen molar-refractivity contribution in [2.75, 3.05) is 5.32 Å². The number of pyridine rings is 1. The standard InChI is InChI=1S/C8H8Cl2N2O/c1-5-2-3-6(4-11-5)12-8(13)7(9)10/h2-4,7H,1H3,(H,12,13). The lowest BCUT2D eigenvalue weighted by Gasteiger charge is -2.04. The maximum atomic E-state index is 11.0. The van der Waals surface area contributed by atoms with Gasteiger partial charge in [0.15, 0.2) is 4.84 Å². The lowest BCUT2D eigenvalue weighted by Crippen LogP contribution is -2.18. The van der Waals surface area contributed by atoms with Crippen molar-refractivity contribution in [3.63, 3.8) is 0 Å². The van der Waals surface area contributed by atoms with Crippen molar-refractivity contribution in [2.24, 2.45) is 0 Å². The Labute approximate surface area is 86.1 Å². The number of hydrogen-bond donors (Lipinski definition) is 1. The molecular formula is C8H8Cl2N2O. The lowest BCUT2D eigenvalue weighted by atomic mass is 10.3. The first-order valence-corrected chi connectivity index (χ1v) is 4.48. The minimum Gasteiger partial charge on any atom is -0.322 e. The van der Waals surface area contributed by atoms with Crippen LogP contribution in [0.2, 0.25) is 0 Å². The Hall–Kier alpha value is -0.800. The molecule has 0 aliphatic rings. The Morgan fingerprint density at radius 3 is 2.69 bits per heavy atom. The van der Waals surface area contributed by atoms with Crippen molar-refractivity contribution in [3.8, 4) is 0 Å². The van der Waals surface area contributed by atoms with Gasteiger partial charge in [-0.25, -0.2) is 0 Å². The summed E-state index contributed by atoms with van der Waals surface area (Å²) in [5.74, 6) is -0.450. The molecule has 0 bridgehead atoms. The summed E-state index contributed by atoms with van der Waals surface area (Å²) in [5, 5.41) is 2.50. The summed E-state index contributed by atoms with van der Waals surface area (Å²) >= 11 is 10.7. The van der Waals surface area contributed by atoms with Gasteiger partial charge in [-0.15, -0.1) is 0 Å². The predicted molar refractivity (Wildman–Crippen MR) is 53.1 cm³/mol. The summed E-state index contributed by atoms with van der Waals surface area (Å²) in [5.41, 5.74) is 1.47. The maximum absolute atomic E-state index is 11.0. The van der Waals surface area contributed by atoms with E-state index in [2.05, 4.69) is 10.3 Å². The molecule has 1 amide bonds. The molecule has 1 aromatic rings. The van der Waals surface area contributed by atoms with E-state index in [1.165, 1.54) is 0 Å². The fraction of sp³-hybridized carbons (Fsp3) is 0.250. The van der Waals surface area contributed by atoms with Crippen LogP contribution in [0.5, 0.6) is 0 Å². The largest absolute Gasteiger partial charge is 0.322 e. The van der Waals surface area contributed by atoms with Gasteiger partial charge in [-0.1, -0.05) is 23.2 Å². The van der Waals surface area contributed by atoms with Gasteiger partial charge in [0.1, 0.15) is 0 Å². The molecule has 0 atom stereocenters. The van der Waals surface area contributed by atoms with Gasteiger partial charge in [0, 0.05) is 5.69 Å². The number of hydrogen-bond acceptors (Lipinski definition) is 2. The topological polar surface area (TPSA) is 42.0 Å². The van der Waals surface area contributed by atoms with Gasteiger partial charge in [-0.3, -0.25) is 9.78 Å². The molecule has 0 aliphatic heterocycles. The van der Waals surface area contributed by atoms with Crippen LogP contribution < -0.4 is 5.32 Å². The highest BCUT2D eigenvalue weighted by atomic mass is 35.5. The highest BCUT2D eigenvalue weighted by molar-refractivity contribution is 6.54. The summed E-state index contributed by atoms with van der Waals surface area (Å²) in [6.07, 6.45) is 1.55. The Kier molecular flexibility index (Phi) is 3.51. The van der Waals surface area contributed by atoms with Crippen LogP contribution in [0.25, 0.3) is 0 Å². The first-order chi connectivity index (χ1) is 6.09. The van der Waals surface area contributed by atoms with Crippen LogP contribution in [0.1, 0.15) is 5.69 Å². The van der Waals surface area contributed by atoms with E-state index >= 15 is 0 Å². The number of rotatable bonds is 2. The zero-order valence-electron chi connectivity index (χ0n) is 6.92. The number of aryl methyl sites for hydroxylation is 1. The number of nitrogens with one attached hydrogen (secondary N) is 1. The predicted octanol–water partition coefficient (Wildman–Crippen LogP) is 2.13. The second kappa shape index (κ2) is 4.44. The van der Waals surface area contributed by atoms with Gasteiger partial charge in [0.25, 0.3) is 5.91 Å². The summed E-state index contributed by atoms with van der Waals surface area (Å²) in [6, 6.07) is 3.52. The van der Waals surface area contributed by atoms with Gasteiger partial charge in [0.05, 0.1) is 11.9 Å². The summed E-state index contributed by atoms with van der Waals surface area (Å²) < 4.78 is 0. The molecule has 0 aromatic carbocycles. The van der Waals surface area contributed by atoms with Gasteiger partial charge in [-0.2, -0.15) is 0 Å². The third-order valence-corrected chi connectivity index (χ3v) is 1.77. The van der Waals surface area contributed by atoms with E-state index in [9.17, 15) is 4.79 Å². The summed E-state index contributed by atoms with van der Waals surface area (Å²) in [7, 11) is 0. The average molecular weight is 219 g/mol. The van der Waals surface area contributed by atoms with Crippen LogP contribution in [0.15, 0.2) is 18.3 Å². The number of halogens is 2. The van der Waals surface area contributed by atoms with Crippen molar-refractivity contribution < 1.29 is 4.79 Å². The van der Waals surface area contributed by atoms with Crippen molar-refractivity contribution in [2.45, 2.75) is 11.8 Å². The van der Waals surface area contributed by atoms with E-state index in [1.807, 2.05) is 6.92 Å². The summed E-state index contributed by atoms with van der Waals surface area (Å²) in [6.45, 7) is 1.86. The Morgan fingerprint density at radius 2 is 2.23 bits per heavy atom. The van der Waals surface area contributed by atoms with Crippen molar-refractivity contribution in [1.29, 1.82) is 0 Å². The van der Waals surface area contributed by atoms with E-state index in [0.29, 0.717) is 5.69 Å². The van der Waals surface area contributed by atoms with Crippen molar-refractivity contribution >= 4 is 34.8 Å². The Bertz CT molecular complexity index is 298. The Morgan fingerprint density at radius 1 is 1.54 bits per heavy atom. The number of alkyl halides is 2. The molecule has 1 N–H and O–H groups in total. The molecule has 0 radical (unpaired) electrons. The summed E-state index contributed by atoms with van der Waals surface area (Å²) in [4.78, 5) is 13.9. The number of nitrogens with zero attached hydrogens (tertiary/aromatic N) is 1. The van der Waals surface area contributed by atoms with Crippen LogP contribution in [0, 0.1) is 6.92 Å². The third kappa shape index (κ3) is 3.20. The quantitative estimate of drug-likeness (QED) is 0.774. The smallest absolute Gasteiger partial charge is 0.257 e. The first kappa shape index (κ1) is 10.3. The van der Waals surface area contributed by atoms with Crippen LogP contribution in [0.3, 0.4) is 0 Å². The van der Waals surface area contributed by atoms with Crippen molar-refractivity contribution in [1.82, 2.24) is 4.98 Å². The van der Waals surface area contributed by atoms with Gasteiger partial charge >= 0.3 is 0 Å². The monoisotopic (exact) mass is 218 g/mol. The first-order valence-electron chi connectivity index (χ1n) is 3.61. The third-order valence-electron chi connectivity index (χ3n) is 1.38. The number of amides is 1. The van der Waals surface area contributed by atoms with Crippen LogP contribution in [0.4, 0.5) is 5.69 Å². The average Bonchev–Trinajstić information content (AvgIpc) is 2.08. The Balaban J connectivity index is 2.65. The molecule has 70 valence electrons. The van der Waals surface area contributed by atoms with Gasteiger partial charge in [0.2, 0.25) is 0 Å². The zero-order valence-corrected chi connectivity index (χ0v) is 8.43. The molecule has 0 fully saturated rings. The molecule has 3 nitrogen and oxygen atoms in total. The number of carbonyl (C=O) groups excluding carboxylic acids is 1. The maximum Gasteiger partial charge on any atom is 0.257 e. The fourth-order valence-corrected chi connectivity index (χ4v) is 0.848. The van der Waals surface area contributed by atoms with Crippen molar-refractivity contribution in [3.05, 3.63) is 24.0 Å². The molecule has 1 rings (SSSR count). The molecule has 0 unspecified atom stereocenters. The van der Waals surface area contributed by atoms with Crippen LogP contribution in [-0.2, 0) is 4.79 Å². The minimum absolute atomic E-state index is 0.450. The van der Waals surface area contributed by atoms with Crippen LogP contribution >= 0.6 is 23.2 Å². The molecule has 0 aliphatic carbocycles. The van der Waals surface area contributed by atoms with E-state index in [-0.39, 0.29) is 0 Å². The van der Waals surface area contributed by atoms with E-state index in [1.54, 1.807) is 18.3 Å². The molecule has 0 saturated heterocycles. The van der Waals surface area contributed by atoms with E-state index < -0.39 is 10.7 Å². The molecular weight excluding hydrogens is 211 g/mol. The number of aromatic nitrogens is 1. The highest BCUT2D eigenvalue weighted by Gasteiger charge is 2.10. The lowest BCUT2D eigenvalue weighted by molar-refractivity contribution is -0.114. The molecule has 13 heavy (non-hydrogen) atoms. The van der Waals surface area contributed by atoms with E-state index in [0.717, 1.165) is 5.69 Å². The number of carbonyl (C=O) groups is 1. The normalized spacial score (nSPS) is 10.2. The highest BCUT2D eigenvalue weighted by Crippen LogP contribution is 2.09. The molecule has 5 heteroatoms. The van der Waals surface area contributed by atoms with Gasteiger partial charge < -0.3 is 5.32 Å².